The molecule has 1 aromatic rings. The molecule has 1 atom stereocenters. The number of methoxy groups -OCH3 is 2. The summed E-state index contributed by atoms with van der Waals surface area (Å²) in [5.41, 5.74) is 7.57. The SMILES string of the molecule is COc1cc(Br)c([C@H](N)C2CCCCC2)cc1OC. The van der Waals surface area contributed by atoms with Crippen molar-refractivity contribution in [3.8, 4) is 11.5 Å². The van der Waals surface area contributed by atoms with E-state index in [1.807, 2.05) is 12.1 Å². The van der Waals surface area contributed by atoms with Crippen LogP contribution in [-0.2, 0) is 0 Å². The van der Waals surface area contributed by atoms with Gasteiger partial charge in [-0.25, -0.2) is 0 Å². The van der Waals surface area contributed by atoms with E-state index in [-0.39, 0.29) is 6.04 Å². The molecule has 0 unspecified atom stereocenters. The molecule has 0 bridgehead atoms. The van der Waals surface area contributed by atoms with Crippen LogP contribution in [0, 0.1) is 5.92 Å². The van der Waals surface area contributed by atoms with Crippen LogP contribution in [0.4, 0.5) is 0 Å². The molecule has 2 rings (SSSR count). The van der Waals surface area contributed by atoms with Gasteiger partial charge in [0.1, 0.15) is 0 Å². The van der Waals surface area contributed by atoms with E-state index in [1.54, 1.807) is 14.2 Å². The molecule has 3 nitrogen and oxygen atoms in total. The Balaban J connectivity index is 2.27. The summed E-state index contributed by atoms with van der Waals surface area (Å²) in [7, 11) is 3.30. The third-order valence-corrected chi connectivity index (χ3v) is 4.71. The molecule has 2 N–H and O–H groups in total. The molecule has 0 heterocycles. The molecule has 0 amide bonds. The molecule has 1 aromatic carbocycles. The summed E-state index contributed by atoms with van der Waals surface area (Å²) in [4.78, 5) is 0. The van der Waals surface area contributed by atoms with Gasteiger partial charge in [-0.3, -0.25) is 0 Å². The van der Waals surface area contributed by atoms with E-state index in [4.69, 9.17) is 15.2 Å². The number of hydrogen-bond donors (Lipinski definition) is 1. The maximum absolute atomic E-state index is 6.46. The maximum atomic E-state index is 6.46. The van der Waals surface area contributed by atoms with Crippen molar-refractivity contribution in [3.05, 3.63) is 22.2 Å². The van der Waals surface area contributed by atoms with Gasteiger partial charge >= 0.3 is 0 Å². The van der Waals surface area contributed by atoms with Crippen molar-refractivity contribution in [1.29, 1.82) is 0 Å². The fourth-order valence-corrected chi connectivity index (χ4v) is 3.46. The number of nitrogens with two attached hydrogens (primary N) is 1. The van der Waals surface area contributed by atoms with Gasteiger partial charge in [0, 0.05) is 10.5 Å². The van der Waals surface area contributed by atoms with Crippen LogP contribution in [0.25, 0.3) is 0 Å². The second-order valence-corrected chi connectivity index (χ2v) is 6.01. The minimum atomic E-state index is 0.0643. The summed E-state index contributed by atoms with van der Waals surface area (Å²) < 4.78 is 11.7. The number of rotatable bonds is 4. The quantitative estimate of drug-likeness (QED) is 0.907. The van der Waals surface area contributed by atoms with Crippen LogP contribution in [-0.4, -0.2) is 14.2 Å². The average molecular weight is 328 g/mol. The van der Waals surface area contributed by atoms with E-state index in [1.165, 1.54) is 32.1 Å². The van der Waals surface area contributed by atoms with Crippen molar-refractivity contribution in [3.63, 3.8) is 0 Å². The first-order valence-electron chi connectivity index (χ1n) is 6.84. The molecule has 0 aromatic heterocycles. The second kappa shape index (κ2) is 6.62. The maximum Gasteiger partial charge on any atom is 0.161 e. The van der Waals surface area contributed by atoms with E-state index in [9.17, 15) is 0 Å². The zero-order valence-electron chi connectivity index (χ0n) is 11.6. The predicted molar refractivity (Wildman–Crippen MR) is 80.7 cm³/mol. The average Bonchev–Trinajstić information content (AvgIpc) is 2.47. The standard InChI is InChI=1S/C15H22BrNO2/c1-18-13-8-11(12(16)9-14(13)19-2)15(17)10-6-4-3-5-7-10/h8-10,15H,3-7,17H2,1-2H3/t15-/m1/s1. The number of ether oxygens (including phenoxy) is 2. The highest BCUT2D eigenvalue weighted by atomic mass is 79.9. The Morgan fingerprint density at radius 1 is 1.11 bits per heavy atom. The number of hydrogen-bond acceptors (Lipinski definition) is 3. The van der Waals surface area contributed by atoms with Crippen LogP contribution in [0.3, 0.4) is 0 Å². The van der Waals surface area contributed by atoms with Crippen LogP contribution in [0.15, 0.2) is 16.6 Å². The molecule has 0 radical (unpaired) electrons. The van der Waals surface area contributed by atoms with Crippen molar-refractivity contribution in [1.82, 2.24) is 0 Å². The fraction of sp³-hybridized carbons (Fsp3) is 0.600. The van der Waals surface area contributed by atoms with Crippen LogP contribution < -0.4 is 15.2 Å². The summed E-state index contributed by atoms with van der Waals surface area (Å²) in [5, 5.41) is 0. The first kappa shape index (κ1) is 14.7. The molecule has 1 saturated carbocycles. The number of halogens is 1. The van der Waals surface area contributed by atoms with Crippen molar-refractivity contribution in [2.75, 3.05) is 14.2 Å². The molecule has 4 heteroatoms. The second-order valence-electron chi connectivity index (χ2n) is 5.15. The molecule has 0 aliphatic heterocycles. The lowest BCUT2D eigenvalue weighted by molar-refractivity contribution is 0.306. The first-order chi connectivity index (χ1) is 9.17. The van der Waals surface area contributed by atoms with E-state index < -0.39 is 0 Å². The highest BCUT2D eigenvalue weighted by Gasteiger charge is 2.24. The van der Waals surface area contributed by atoms with E-state index in [0.717, 1.165) is 21.5 Å². The normalized spacial score (nSPS) is 18.1. The lowest BCUT2D eigenvalue weighted by Crippen LogP contribution is -2.24. The Morgan fingerprint density at radius 3 is 2.26 bits per heavy atom. The fourth-order valence-electron chi connectivity index (χ4n) is 2.87. The van der Waals surface area contributed by atoms with E-state index >= 15 is 0 Å². The zero-order chi connectivity index (χ0) is 13.8. The van der Waals surface area contributed by atoms with Crippen molar-refractivity contribution in [2.45, 2.75) is 38.1 Å². The minimum absolute atomic E-state index is 0.0643. The van der Waals surface area contributed by atoms with Crippen molar-refractivity contribution >= 4 is 15.9 Å². The third-order valence-electron chi connectivity index (χ3n) is 4.02. The Hall–Kier alpha value is -0.740. The highest BCUT2D eigenvalue weighted by molar-refractivity contribution is 9.10. The summed E-state index contributed by atoms with van der Waals surface area (Å²) in [5.74, 6) is 2.05. The molecule has 1 fully saturated rings. The van der Waals surface area contributed by atoms with Crippen LogP contribution >= 0.6 is 15.9 Å². The molecule has 1 aliphatic carbocycles. The molecular weight excluding hydrogens is 306 g/mol. The Bertz CT molecular complexity index is 430. The van der Waals surface area contributed by atoms with Gasteiger partial charge in [0.2, 0.25) is 0 Å². The lowest BCUT2D eigenvalue weighted by Gasteiger charge is -2.28. The smallest absolute Gasteiger partial charge is 0.161 e. The molecular formula is C15H22BrNO2. The van der Waals surface area contributed by atoms with Gasteiger partial charge in [-0.2, -0.15) is 0 Å². The third kappa shape index (κ3) is 3.23. The first-order valence-corrected chi connectivity index (χ1v) is 7.63. The van der Waals surface area contributed by atoms with Crippen LogP contribution in [0.2, 0.25) is 0 Å². The molecule has 0 spiro atoms. The van der Waals surface area contributed by atoms with Gasteiger partial charge in [-0.1, -0.05) is 35.2 Å². The molecule has 106 valence electrons. The Morgan fingerprint density at radius 2 is 1.68 bits per heavy atom. The van der Waals surface area contributed by atoms with Gasteiger partial charge in [0.25, 0.3) is 0 Å². The molecule has 0 saturated heterocycles. The van der Waals surface area contributed by atoms with E-state index in [2.05, 4.69) is 15.9 Å². The lowest BCUT2D eigenvalue weighted by atomic mass is 9.81. The van der Waals surface area contributed by atoms with Crippen LogP contribution in [0.1, 0.15) is 43.7 Å². The monoisotopic (exact) mass is 327 g/mol. The van der Waals surface area contributed by atoms with E-state index in [0.29, 0.717) is 5.92 Å². The Labute approximate surface area is 123 Å². The topological polar surface area (TPSA) is 44.5 Å². The van der Waals surface area contributed by atoms with Gasteiger partial charge in [-0.05, 0) is 36.5 Å². The van der Waals surface area contributed by atoms with Gasteiger partial charge in [0.15, 0.2) is 11.5 Å². The Kier molecular flexibility index (Phi) is 5.11. The summed E-state index contributed by atoms with van der Waals surface area (Å²) in [6.07, 6.45) is 6.38. The van der Waals surface area contributed by atoms with Crippen LogP contribution in [0.5, 0.6) is 11.5 Å². The molecule has 1 aliphatic rings. The summed E-state index contributed by atoms with van der Waals surface area (Å²) >= 11 is 3.60. The van der Waals surface area contributed by atoms with Gasteiger partial charge < -0.3 is 15.2 Å². The summed E-state index contributed by atoms with van der Waals surface area (Å²) in [6.45, 7) is 0. The van der Waals surface area contributed by atoms with Crippen molar-refractivity contribution in [2.24, 2.45) is 11.7 Å². The highest BCUT2D eigenvalue weighted by Crippen LogP contribution is 2.40. The van der Waals surface area contributed by atoms with Gasteiger partial charge in [0.05, 0.1) is 14.2 Å². The summed E-state index contributed by atoms with van der Waals surface area (Å²) in [6, 6.07) is 4.01. The number of benzene rings is 1. The van der Waals surface area contributed by atoms with Gasteiger partial charge in [-0.15, -0.1) is 0 Å². The molecule has 19 heavy (non-hydrogen) atoms. The largest absolute Gasteiger partial charge is 0.493 e. The van der Waals surface area contributed by atoms with Crippen molar-refractivity contribution < 1.29 is 9.47 Å². The predicted octanol–water partition coefficient (Wildman–Crippen LogP) is 4.05. The minimum Gasteiger partial charge on any atom is -0.493 e. The zero-order valence-corrected chi connectivity index (χ0v) is 13.2.